The first-order valence-corrected chi connectivity index (χ1v) is 7.36. The van der Waals surface area contributed by atoms with Gasteiger partial charge in [0.15, 0.2) is 0 Å². The zero-order chi connectivity index (χ0) is 13.0. The molecule has 0 saturated heterocycles. The molecule has 1 aromatic carbocycles. The number of nitrogens with two attached hydrogens (primary N) is 1. The van der Waals surface area contributed by atoms with Crippen molar-refractivity contribution in [3.63, 3.8) is 0 Å². The minimum absolute atomic E-state index is 0.234. The lowest BCUT2D eigenvalue weighted by Crippen LogP contribution is -2.22. The first kappa shape index (κ1) is 13.4. The summed E-state index contributed by atoms with van der Waals surface area (Å²) in [5, 5.41) is 0. The van der Waals surface area contributed by atoms with Crippen LogP contribution in [0.1, 0.15) is 51.1 Å². The fourth-order valence-corrected chi connectivity index (χ4v) is 3.08. The van der Waals surface area contributed by atoms with E-state index in [2.05, 4.69) is 43.0 Å². The smallest absolute Gasteiger partial charge is 0.0366 e. The minimum Gasteiger partial charge on any atom is -0.372 e. The number of anilines is 1. The Morgan fingerprint density at radius 2 is 1.67 bits per heavy atom. The second-order valence-corrected chi connectivity index (χ2v) is 5.33. The van der Waals surface area contributed by atoms with E-state index in [1.54, 1.807) is 0 Å². The van der Waals surface area contributed by atoms with Gasteiger partial charge < -0.3 is 10.6 Å². The normalized spacial score (nSPS) is 17.9. The van der Waals surface area contributed by atoms with Crippen LogP contribution < -0.4 is 10.6 Å². The third-order valence-corrected chi connectivity index (χ3v) is 4.31. The standard InChI is InChI=1S/C16H26N2/c1-3-18(4-2)15-11-9-14(10-12-15)16(17)13-7-5-6-8-13/h9-13,16H,3-8,17H2,1-2H3/t16-/m1/s1. The summed E-state index contributed by atoms with van der Waals surface area (Å²) in [4.78, 5) is 2.37. The van der Waals surface area contributed by atoms with E-state index in [-0.39, 0.29) is 6.04 Å². The molecule has 2 rings (SSSR count). The summed E-state index contributed by atoms with van der Waals surface area (Å²) >= 11 is 0. The fraction of sp³-hybridized carbons (Fsp3) is 0.625. The van der Waals surface area contributed by atoms with Crippen LogP contribution >= 0.6 is 0 Å². The number of hydrogen-bond donors (Lipinski definition) is 1. The molecule has 1 saturated carbocycles. The minimum atomic E-state index is 0.234. The van der Waals surface area contributed by atoms with Crippen molar-refractivity contribution >= 4 is 5.69 Å². The van der Waals surface area contributed by atoms with E-state index >= 15 is 0 Å². The topological polar surface area (TPSA) is 29.3 Å². The van der Waals surface area contributed by atoms with Crippen molar-refractivity contribution in [1.82, 2.24) is 0 Å². The first-order valence-electron chi connectivity index (χ1n) is 7.36. The van der Waals surface area contributed by atoms with E-state index in [1.165, 1.54) is 36.9 Å². The highest BCUT2D eigenvalue weighted by molar-refractivity contribution is 5.47. The number of nitrogens with zero attached hydrogens (tertiary/aromatic N) is 1. The molecule has 0 unspecified atom stereocenters. The Morgan fingerprint density at radius 3 is 2.17 bits per heavy atom. The van der Waals surface area contributed by atoms with Crippen LogP contribution in [0.4, 0.5) is 5.69 Å². The Kier molecular flexibility index (Phi) is 4.65. The van der Waals surface area contributed by atoms with Crippen molar-refractivity contribution in [2.75, 3.05) is 18.0 Å². The molecule has 0 bridgehead atoms. The van der Waals surface area contributed by atoms with Crippen LogP contribution in [0.2, 0.25) is 0 Å². The van der Waals surface area contributed by atoms with Gasteiger partial charge in [0.05, 0.1) is 0 Å². The molecule has 0 heterocycles. The molecule has 1 aromatic rings. The highest BCUT2D eigenvalue weighted by Gasteiger charge is 2.23. The molecule has 18 heavy (non-hydrogen) atoms. The molecule has 0 radical (unpaired) electrons. The Balaban J connectivity index is 2.06. The van der Waals surface area contributed by atoms with E-state index in [4.69, 9.17) is 5.73 Å². The highest BCUT2D eigenvalue weighted by atomic mass is 15.1. The van der Waals surface area contributed by atoms with Crippen molar-refractivity contribution < 1.29 is 0 Å². The second-order valence-electron chi connectivity index (χ2n) is 5.33. The van der Waals surface area contributed by atoms with Gasteiger partial charge in [-0.15, -0.1) is 0 Å². The SMILES string of the molecule is CCN(CC)c1ccc([C@H](N)C2CCCC2)cc1. The lowest BCUT2D eigenvalue weighted by molar-refractivity contribution is 0.445. The van der Waals surface area contributed by atoms with Crippen LogP contribution in [0.5, 0.6) is 0 Å². The summed E-state index contributed by atoms with van der Waals surface area (Å²) in [6.45, 7) is 6.51. The van der Waals surface area contributed by atoms with Crippen molar-refractivity contribution in [2.24, 2.45) is 11.7 Å². The molecular weight excluding hydrogens is 220 g/mol. The van der Waals surface area contributed by atoms with Crippen LogP contribution in [0.15, 0.2) is 24.3 Å². The molecular formula is C16H26N2. The largest absolute Gasteiger partial charge is 0.372 e. The van der Waals surface area contributed by atoms with Crippen LogP contribution in [-0.2, 0) is 0 Å². The monoisotopic (exact) mass is 246 g/mol. The molecule has 1 atom stereocenters. The zero-order valence-corrected chi connectivity index (χ0v) is 11.7. The van der Waals surface area contributed by atoms with Gasteiger partial charge in [-0.3, -0.25) is 0 Å². The second kappa shape index (κ2) is 6.24. The Bertz CT molecular complexity index is 348. The van der Waals surface area contributed by atoms with Crippen LogP contribution in [0.25, 0.3) is 0 Å². The average molecular weight is 246 g/mol. The molecule has 0 amide bonds. The van der Waals surface area contributed by atoms with E-state index in [0.29, 0.717) is 5.92 Å². The maximum Gasteiger partial charge on any atom is 0.0366 e. The van der Waals surface area contributed by atoms with Gasteiger partial charge in [-0.25, -0.2) is 0 Å². The van der Waals surface area contributed by atoms with E-state index in [9.17, 15) is 0 Å². The third kappa shape index (κ3) is 2.86. The number of hydrogen-bond acceptors (Lipinski definition) is 2. The van der Waals surface area contributed by atoms with Crippen molar-refractivity contribution in [3.05, 3.63) is 29.8 Å². The molecule has 0 aromatic heterocycles. The zero-order valence-electron chi connectivity index (χ0n) is 11.7. The number of benzene rings is 1. The quantitative estimate of drug-likeness (QED) is 0.858. The first-order chi connectivity index (χ1) is 8.76. The molecule has 100 valence electrons. The predicted octanol–water partition coefficient (Wildman–Crippen LogP) is 3.72. The average Bonchev–Trinajstić information content (AvgIpc) is 2.94. The Hall–Kier alpha value is -1.02. The molecule has 1 aliphatic rings. The van der Waals surface area contributed by atoms with Gasteiger partial charge >= 0.3 is 0 Å². The summed E-state index contributed by atoms with van der Waals surface area (Å²) in [7, 11) is 0. The maximum atomic E-state index is 6.38. The van der Waals surface area contributed by atoms with Crippen LogP contribution in [0.3, 0.4) is 0 Å². The number of rotatable bonds is 5. The molecule has 2 N–H and O–H groups in total. The van der Waals surface area contributed by atoms with Gasteiger partial charge in [-0.1, -0.05) is 25.0 Å². The van der Waals surface area contributed by atoms with Crippen molar-refractivity contribution in [2.45, 2.75) is 45.6 Å². The lowest BCUT2D eigenvalue weighted by Gasteiger charge is -2.23. The van der Waals surface area contributed by atoms with E-state index in [0.717, 1.165) is 13.1 Å². The Labute approximate surface area is 111 Å². The lowest BCUT2D eigenvalue weighted by atomic mass is 9.92. The molecule has 0 aliphatic heterocycles. The third-order valence-electron chi connectivity index (χ3n) is 4.31. The fourth-order valence-electron chi connectivity index (χ4n) is 3.08. The maximum absolute atomic E-state index is 6.38. The van der Waals surface area contributed by atoms with Crippen LogP contribution in [0, 0.1) is 5.92 Å². The van der Waals surface area contributed by atoms with Crippen LogP contribution in [-0.4, -0.2) is 13.1 Å². The van der Waals surface area contributed by atoms with Gasteiger partial charge in [0.25, 0.3) is 0 Å². The molecule has 1 fully saturated rings. The van der Waals surface area contributed by atoms with E-state index < -0.39 is 0 Å². The van der Waals surface area contributed by atoms with Gasteiger partial charge in [-0.05, 0) is 50.3 Å². The molecule has 0 spiro atoms. The van der Waals surface area contributed by atoms with Gasteiger partial charge in [0.2, 0.25) is 0 Å². The molecule has 2 heteroatoms. The van der Waals surface area contributed by atoms with Crippen molar-refractivity contribution in [3.8, 4) is 0 Å². The van der Waals surface area contributed by atoms with Gasteiger partial charge in [0, 0.05) is 24.8 Å². The Morgan fingerprint density at radius 1 is 1.11 bits per heavy atom. The summed E-state index contributed by atoms with van der Waals surface area (Å²) < 4.78 is 0. The predicted molar refractivity (Wildman–Crippen MR) is 78.9 cm³/mol. The summed E-state index contributed by atoms with van der Waals surface area (Å²) in [5.41, 5.74) is 8.99. The highest BCUT2D eigenvalue weighted by Crippen LogP contribution is 2.34. The van der Waals surface area contributed by atoms with Crippen molar-refractivity contribution in [1.29, 1.82) is 0 Å². The van der Waals surface area contributed by atoms with E-state index in [1.807, 2.05) is 0 Å². The molecule has 2 nitrogen and oxygen atoms in total. The summed E-state index contributed by atoms with van der Waals surface area (Å²) in [5.74, 6) is 0.698. The van der Waals surface area contributed by atoms with Gasteiger partial charge in [0.1, 0.15) is 0 Å². The van der Waals surface area contributed by atoms with Gasteiger partial charge in [-0.2, -0.15) is 0 Å². The molecule has 1 aliphatic carbocycles. The summed E-state index contributed by atoms with van der Waals surface area (Å²) in [6.07, 6.45) is 5.32. The summed E-state index contributed by atoms with van der Waals surface area (Å²) in [6, 6.07) is 9.11.